The van der Waals surface area contributed by atoms with Crippen LogP contribution in [-0.4, -0.2) is 34.7 Å². The first-order chi connectivity index (χ1) is 12.6. The van der Waals surface area contributed by atoms with E-state index in [1.807, 2.05) is 32.0 Å². The fraction of sp³-hybridized carbons (Fsp3) is 0.444. The zero-order valence-corrected chi connectivity index (χ0v) is 15.0. The Morgan fingerprint density at radius 3 is 2.96 bits per heavy atom. The van der Waals surface area contributed by atoms with Gasteiger partial charge in [-0.15, -0.1) is 0 Å². The van der Waals surface area contributed by atoms with Crippen LogP contribution in [0.3, 0.4) is 0 Å². The van der Waals surface area contributed by atoms with Crippen molar-refractivity contribution in [1.29, 1.82) is 0 Å². The molecule has 2 aromatic rings. The molecule has 1 aliphatic rings. The smallest absolute Gasteiger partial charge is 0.319 e. The molecule has 0 aliphatic carbocycles. The van der Waals surface area contributed by atoms with Crippen LogP contribution in [0.2, 0.25) is 0 Å². The first-order valence-electron chi connectivity index (χ1n) is 8.85. The van der Waals surface area contributed by atoms with Crippen molar-refractivity contribution in [1.82, 2.24) is 15.5 Å². The molecule has 3 amide bonds. The van der Waals surface area contributed by atoms with Gasteiger partial charge in [0.15, 0.2) is 5.82 Å². The average molecular weight is 357 g/mol. The second-order valence-corrected chi connectivity index (χ2v) is 6.29. The minimum Gasteiger partial charge on any atom is -0.339 e. The van der Waals surface area contributed by atoms with E-state index in [0.29, 0.717) is 43.2 Å². The molecule has 1 atom stereocenters. The number of benzene rings is 1. The first kappa shape index (κ1) is 17.9. The molecule has 0 unspecified atom stereocenters. The van der Waals surface area contributed by atoms with Gasteiger partial charge in [-0.25, -0.2) is 4.79 Å². The normalized spacial score (nSPS) is 16.8. The van der Waals surface area contributed by atoms with Crippen molar-refractivity contribution in [2.75, 3.05) is 16.8 Å². The molecule has 0 spiro atoms. The van der Waals surface area contributed by atoms with Crippen molar-refractivity contribution >= 4 is 23.3 Å². The molecular formula is C18H23N5O3. The Hall–Kier alpha value is -2.90. The minimum absolute atomic E-state index is 0.116. The maximum Gasteiger partial charge on any atom is 0.319 e. The number of aryl methyl sites for hydroxylation is 1. The summed E-state index contributed by atoms with van der Waals surface area (Å²) in [5, 5.41) is 9.35. The van der Waals surface area contributed by atoms with E-state index in [2.05, 4.69) is 20.8 Å². The van der Waals surface area contributed by atoms with Crippen molar-refractivity contribution in [2.24, 2.45) is 0 Å². The van der Waals surface area contributed by atoms with Gasteiger partial charge in [-0.2, -0.15) is 4.98 Å². The molecule has 8 heteroatoms. The van der Waals surface area contributed by atoms with E-state index in [0.717, 1.165) is 12.1 Å². The molecule has 2 N–H and O–H groups in total. The number of anilines is 2. The van der Waals surface area contributed by atoms with Gasteiger partial charge < -0.3 is 20.1 Å². The fourth-order valence-electron chi connectivity index (χ4n) is 2.95. The molecule has 138 valence electrons. The second-order valence-electron chi connectivity index (χ2n) is 6.29. The number of hydrogen-bond acceptors (Lipinski definition) is 5. The Bertz CT molecular complexity index is 789. The molecular weight excluding hydrogens is 334 g/mol. The highest BCUT2D eigenvalue weighted by atomic mass is 16.5. The van der Waals surface area contributed by atoms with Gasteiger partial charge in [0.05, 0.1) is 0 Å². The SMILES string of the molecule is CCc1noc(CCNC(=O)Nc2cccc(N3C(=O)CC[C@H]3C)c2)n1. The number of urea groups is 1. The number of hydrogen-bond donors (Lipinski definition) is 2. The monoisotopic (exact) mass is 357 g/mol. The summed E-state index contributed by atoms with van der Waals surface area (Å²) in [6.45, 7) is 4.36. The lowest BCUT2D eigenvalue weighted by Crippen LogP contribution is -2.32. The van der Waals surface area contributed by atoms with Crippen LogP contribution in [0.25, 0.3) is 0 Å². The van der Waals surface area contributed by atoms with Crippen LogP contribution in [0, 0.1) is 0 Å². The summed E-state index contributed by atoms with van der Waals surface area (Å²) in [6, 6.07) is 7.16. The summed E-state index contributed by atoms with van der Waals surface area (Å²) < 4.78 is 5.08. The molecule has 1 aliphatic heterocycles. The van der Waals surface area contributed by atoms with Gasteiger partial charge in [0.1, 0.15) is 0 Å². The van der Waals surface area contributed by atoms with Gasteiger partial charge in [-0.05, 0) is 31.5 Å². The number of carbonyl (C=O) groups excluding carboxylic acids is 2. The first-order valence-corrected chi connectivity index (χ1v) is 8.85. The van der Waals surface area contributed by atoms with Crippen LogP contribution < -0.4 is 15.5 Å². The van der Waals surface area contributed by atoms with Crippen molar-refractivity contribution in [3.63, 3.8) is 0 Å². The maximum atomic E-state index is 12.1. The molecule has 3 rings (SSSR count). The van der Waals surface area contributed by atoms with Crippen LogP contribution in [0.5, 0.6) is 0 Å². The maximum absolute atomic E-state index is 12.1. The van der Waals surface area contributed by atoms with Crippen molar-refractivity contribution in [3.05, 3.63) is 36.0 Å². The summed E-state index contributed by atoms with van der Waals surface area (Å²) in [7, 11) is 0. The fourth-order valence-corrected chi connectivity index (χ4v) is 2.95. The average Bonchev–Trinajstić information content (AvgIpc) is 3.21. The zero-order chi connectivity index (χ0) is 18.5. The van der Waals surface area contributed by atoms with Crippen LogP contribution in [-0.2, 0) is 17.6 Å². The molecule has 26 heavy (non-hydrogen) atoms. The summed E-state index contributed by atoms with van der Waals surface area (Å²) in [4.78, 5) is 30.1. The van der Waals surface area contributed by atoms with Crippen LogP contribution in [0.4, 0.5) is 16.2 Å². The number of aromatic nitrogens is 2. The molecule has 0 bridgehead atoms. The number of rotatable bonds is 6. The Balaban J connectivity index is 1.52. The minimum atomic E-state index is -0.321. The Kier molecular flexibility index (Phi) is 5.50. The van der Waals surface area contributed by atoms with Gasteiger partial charge in [-0.3, -0.25) is 4.79 Å². The van der Waals surface area contributed by atoms with Crippen LogP contribution in [0.1, 0.15) is 38.4 Å². The van der Waals surface area contributed by atoms with Crippen LogP contribution >= 0.6 is 0 Å². The summed E-state index contributed by atoms with van der Waals surface area (Å²) in [5.74, 6) is 1.28. The third-order valence-corrected chi connectivity index (χ3v) is 4.32. The van der Waals surface area contributed by atoms with E-state index in [1.165, 1.54) is 0 Å². The number of nitrogens with zero attached hydrogens (tertiary/aromatic N) is 3. The van der Waals surface area contributed by atoms with E-state index in [4.69, 9.17) is 4.52 Å². The highest BCUT2D eigenvalue weighted by Gasteiger charge is 2.28. The highest BCUT2D eigenvalue weighted by molar-refractivity contribution is 5.97. The second kappa shape index (κ2) is 7.99. The predicted molar refractivity (Wildman–Crippen MR) is 97.0 cm³/mol. The van der Waals surface area contributed by atoms with E-state index in [9.17, 15) is 9.59 Å². The Labute approximate surface area is 151 Å². The molecule has 2 heterocycles. The molecule has 1 fully saturated rings. The number of amides is 3. The lowest BCUT2D eigenvalue weighted by Gasteiger charge is -2.22. The van der Waals surface area contributed by atoms with E-state index in [1.54, 1.807) is 11.0 Å². The van der Waals surface area contributed by atoms with Gasteiger partial charge in [-0.1, -0.05) is 18.1 Å². The van der Waals surface area contributed by atoms with Gasteiger partial charge >= 0.3 is 6.03 Å². The predicted octanol–water partition coefficient (Wildman–Crippen LogP) is 2.51. The molecule has 0 radical (unpaired) electrons. The highest BCUT2D eigenvalue weighted by Crippen LogP contribution is 2.28. The standard InChI is InChI=1S/C18H23N5O3/c1-3-15-21-16(26-22-15)9-10-19-18(25)20-13-5-4-6-14(11-13)23-12(2)7-8-17(23)24/h4-6,11-12H,3,7-10H2,1-2H3,(H2,19,20,25)/t12-/m1/s1. The van der Waals surface area contributed by atoms with Crippen molar-refractivity contribution < 1.29 is 14.1 Å². The van der Waals surface area contributed by atoms with Crippen molar-refractivity contribution in [2.45, 2.75) is 45.6 Å². The molecule has 8 nitrogen and oxygen atoms in total. The van der Waals surface area contributed by atoms with E-state index in [-0.39, 0.29) is 18.0 Å². The summed E-state index contributed by atoms with van der Waals surface area (Å²) in [5.41, 5.74) is 1.44. The zero-order valence-electron chi connectivity index (χ0n) is 15.0. The third kappa shape index (κ3) is 4.19. The summed E-state index contributed by atoms with van der Waals surface area (Å²) in [6.07, 6.45) is 2.60. The molecule has 0 saturated carbocycles. The number of nitrogens with one attached hydrogen (secondary N) is 2. The Morgan fingerprint density at radius 2 is 2.27 bits per heavy atom. The van der Waals surface area contributed by atoms with Gasteiger partial charge in [0, 0.05) is 43.2 Å². The molecule has 1 aromatic heterocycles. The third-order valence-electron chi connectivity index (χ3n) is 4.32. The van der Waals surface area contributed by atoms with E-state index >= 15 is 0 Å². The summed E-state index contributed by atoms with van der Waals surface area (Å²) >= 11 is 0. The van der Waals surface area contributed by atoms with Gasteiger partial charge in [0.25, 0.3) is 0 Å². The molecule has 1 saturated heterocycles. The molecule has 1 aromatic carbocycles. The van der Waals surface area contributed by atoms with Gasteiger partial charge in [0.2, 0.25) is 11.8 Å². The van der Waals surface area contributed by atoms with Crippen molar-refractivity contribution in [3.8, 4) is 0 Å². The number of carbonyl (C=O) groups is 2. The van der Waals surface area contributed by atoms with E-state index < -0.39 is 0 Å². The lowest BCUT2D eigenvalue weighted by atomic mass is 10.2. The lowest BCUT2D eigenvalue weighted by molar-refractivity contribution is -0.117. The largest absolute Gasteiger partial charge is 0.339 e. The van der Waals surface area contributed by atoms with Crippen LogP contribution in [0.15, 0.2) is 28.8 Å². The topological polar surface area (TPSA) is 100 Å². The Morgan fingerprint density at radius 1 is 1.42 bits per heavy atom. The quantitative estimate of drug-likeness (QED) is 0.827.